The molecular formula is C15H17NO3. The molecule has 19 heavy (non-hydrogen) atoms. The van der Waals surface area contributed by atoms with Crippen LogP contribution in [0.4, 0.5) is 0 Å². The van der Waals surface area contributed by atoms with Gasteiger partial charge in [-0.05, 0) is 26.3 Å². The average molecular weight is 259 g/mol. The van der Waals surface area contributed by atoms with Crippen molar-refractivity contribution in [2.24, 2.45) is 0 Å². The minimum Gasteiger partial charge on any atom is -0.481 e. The van der Waals surface area contributed by atoms with Crippen molar-refractivity contribution in [3.63, 3.8) is 0 Å². The number of carbonyl (C=O) groups is 1. The molecule has 4 nitrogen and oxygen atoms in total. The van der Waals surface area contributed by atoms with Crippen molar-refractivity contribution < 1.29 is 14.3 Å². The number of nitrogens with zero attached hydrogens (tertiary/aromatic N) is 1. The van der Waals surface area contributed by atoms with Gasteiger partial charge in [-0.25, -0.2) is 4.98 Å². The number of aryl methyl sites for hydroxylation is 4. The van der Waals surface area contributed by atoms with Gasteiger partial charge in [-0.1, -0.05) is 23.8 Å². The van der Waals surface area contributed by atoms with Crippen LogP contribution in [0.5, 0.6) is 0 Å². The Labute approximate surface area is 112 Å². The molecule has 0 amide bonds. The number of carboxylic acids is 1. The smallest absolute Gasteiger partial charge is 0.303 e. The fraction of sp³-hybridized carbons (Fsp3) is 0.333. The third-order valence-corrected chi connectivity index (χ3v) is 3.02. The van der Waals surface area contributed by atoms with Crippen LogP contribution in [0.1, 0.15) is 29.1 Å². The molecule has 0 unspecified atom stereocenters. The van der Waals surface area contributed by atoms with E-state index in [9.17, 15) is 4.79 Å². The predicted octanol–water partition coefficient (Wildman–Crippen LogP) is 3.28. The van der Waals surface area contributed by atoms with E-state index in [2.05, 4.69) is 11.1 Å². The molecule has 2 aromatic rings. The van der Waals surface area contributed by atoms with E-state index in [-0.39, 0.29) is 6.42 Å². The lowest BCUT2D eigenvalue weighted by Gasteiger charge is -2.04. The molecule has 1 aromatic heterocycles. The van der Waals surface area contributed by atoms with Crippen LogP contribution in [-0.2, 0) is 11.2 Å². The molecule has 1 heterocycles. The molecule has 0 atom stereocenters. The summed E-state index contributed by atoms with van der Waals surface area (Å²) in [4.78, 5) is 14.8. The van der Waals surface area contributed by atoms with E-state index in [1.54, 1.807) is 0 Å². The van der Waals surface area contributed by atoms with Gasteiger partial charge in [-0.2, -0.15) is 0 Å². The topological polar surface area (TPSA) is 63.3 Å². The van der Waals surface area contributed by atoms with Crippen LogP contribution in [0, 0.1) is 20.8 Å². The molecule has 4 heteroatoms. The standard InChI is InChI=1S/C15H17NO3/c1-9-4-5-12(10(2)8-9)15-11(3)16-13(19-15)6-7-14(17)18/h4-5,8H,6-7H2,1-3H3,(H,17,18). The summed E-state index contributed by atoms with van der Waals surface area (Å²) in [7, 11) is 0. The van der Waals surface area contributed by atoms with Crippen LogP contribution >= 0.6 is 0 Å². The first-order valence-corrected chi connectivity index (χ1v) is 6.23. The Kier molecular flexibility index (Phi) is 3.69. The summed E-state index contributed by atoms with van der Waals surface area (Å²) < 4.78 is 5.70. The van der Waals surface area contributed by atoms with Crippen molar-refractivity contribution in [1.82, 2.24) is 4.98 Å². The van der Waals surface area contributed by atoms with Gasteiger partial charge >= 0.3 is 5.97 Å². The lowest BCUT2D eigenvalue weighted by atomic mass is 10.0. The lowest BCUT2D eigenvalue weighted by Crippen LogP contribution is -1.97. The summed E-state index contributed by atoms with van der Waals surface area (Å²) in [5, 5.41) is 8.67. The Balaban J connectivity index is 2.32. The van der Waals surface area contributed by atoms with Gasteiger partial charge in [-0.15, -0.1) is 0 Å². The highest BCUT2D eigenvalue weighted by Crippen LogP contribution is 2.28. The van der Waals surface area contributed by atoms with Crippen molar-refractivity contribution in [2.75, 3.05) is 0 Å². The fourth-order valence-electron chi connectivity index (χ4n) is 2.09. The first-order chi connectivity index (χ1) is 8.97. The van der Waals surface area contributed by atoms with Crippen molar-refractivity contribution in [2.45, 2.75) is 33.6 Å². The average Bonchev–Trinajstić information content (AvgIpc) is 2.68. The van der Waals surface area contributed by atoms with Gasteiger partial charge in [-0.3, -0.25) is 4.79 Å². The highest BCUT2D eigenvalue weighted by atomic mass is 16.4. The fourth-order valence-corrected chi connectivity index (χ4v) is 2.09. The van der Waals surface area contributed by atoms with Crippen LogP contribution in [-0.4, -0.2) is 16.1 Å². The first kappa shape index (κ1) is 13.3. The van der Waals surface area contributed by atoms with Gasteiger partial charge in [0.1, 0.15) is 0 Å². The van der Waals surface area contributed by atoms with Crippen LogP contribution < -0.4 is 0 Å². The predicted molar refractivity (Wildman–Crippen MR) is 72.1 cm³/mol. The second-order valence-electron chi connectivity index (χ2n) is 4.73. The minimum absolute atomic E-state index is 0.0340. The third kappa shape index (κ3) is 3.02. The maximum Gasteiger partial charge on any atom is 0.303 e. The van der Waals surface area contributed by atoms with E-state index in [1.807, 2.05) is 32.9 Å². The molecule has 0 aliphatic carbocycles. The second kappa shape index (κ2) is 5.26. The molecule has 0 aliphatic rings. The summed E-state index contributed by atoms with van der Waals surface area (Å²) in [6, 6.07) is 6.13. The quantitative estimate of drug-likeness (QED) is 0.915. The van der Waals surface area contributed by atoms with Crippen LogP contribution in [0.2, 0.25) is 0 Å². The first-order valence-electron chi connectivity index (χ1n) is 6.23. The molecule has 1 aromatic carbocycles. The number of aromatic nitrogens is 1. The zero-order valence-corrected chi connectivity index (χ0v) is 11.4. The minimum atomic E-state index is -0.844. The second-order valence-corrected chi connectivity index (χ2v) is 4.73. The molecule has 0 aliphatic heterocycles. The Hall–Kier alpha value is -2.10. The summed E-state index contributed by atoms with van der Waals surface area (Å²) in [5.41, 5.74) is 4.14. The van der Waals surface area contributed by atoms with E-state index in [0.29, 0.717) is 12.3 Å². The van der Waals surface area contributed by atoms with Gasteiger partial charge in [0, 0.05) is 12.0 Å². The van der Waals surface area contributed by atoms with E-state index >= 15 is 0 Å². The molecule has 100 valence electrons. The van der Waals surface area contributed by atoms with Crippen LogP contribution in [0.3, 0.4) is 0 Å². The van der Waals surface area contributed by atoms with E-state index in [4.69, 9.17) is 9.52 Å². The molecule has 0 saturated heterocycles. The monoisotopic (exact) mass is 259 g/mol. The number of carboxylic acid groups (broad SMARTS) is 1. The molecule has 1 N–H and O–H groups in total. The zero-order valence-electron chi connectivity index (χ0n) is 11.4. The maximum atomic E-state index is 10.6. The molecular weight excluding hydrogens is 242 g/mol. The van der Waals surface area contributed by atoms with Crippen molar-refractivity contribution in [3.05, 3.63) is 40.9 Å². The SMILES string of the molecule is Cc1ccc(-c2oc(CCC(=O)O)nc2C)c(C)c1. The Morgan fingerprint density at radius 2 is 2.05 bits per heavy atom. The maximum absolute atomic E-state index is 10.6. The van der Waals surface area contributed by atoms with Crippen LogP contribution in [0.15, 0.2) is 22.6 Å². The summed E-state index contributed by atoms with van der Waals surface area (Å²) in [5.74, 6) is 0.372. The third-order valence-electron chi connectivity index (χ3n) is 3.02. The Bertz CT molecular complexity index is 614. The Morgan fingerprint density at radius 1 is 1.32 bits per heavy atom. The van der Waals surface area contributed by atoms with E-state index in [0.717, 1.165) is 22.6 Å². The molecule has 2 rings (SSSR count). The molecule has 0 fully saturated rings. The highest BCUT2D eigenvalue weighted by Gasteiger charge is 2.14. The van der Waals surface area contributed by atoms with Crippen molar-refractivity contribution >= 4 is 5.97 Å². The summed E-state index contributed by atoms with van der Waals surface area (Å²) >= 11 is 0. The summed E-state index contributed by atoms with van der Waals surface area (Å²) in [6.07, 6.45) is 0.355. The van der Waals surface area contributed by atoms with Gasteiger partial charge < -0.3 is 9.52 Å². The lowest BCUT2D eigenvalue weighted by molar-refractivity contribution is -0.137. The largest absolute Gasteiger partial charge is 0.481 e. The van der Waals surface area contributed by atoms with Crippen LogP contribution in [0.25, 0.3) is 11.3 Å². The number of hydrogen-bond donors (Lipinski definition) is 1. The Morgan fingerprint density at radius 3 is 2.68 bits per heavy atom. The summed E-state index contributed by atoms with van der Waals surface area (Å²) in [6.45, 7) is 5.95. The number of hydrogen-bond acceptors (Lipinski definition) is 3. The number of rotatable bonds is 4. The zero-order chi connectivity index (χ0) is 14.0. The van der Waals surface area contributed by atoms with E-state index in [1.165, 1.54) is 5.56 Å². The normalized spacial score (nSPS) is 10.7. The van der Waals surface area contributed by atoms with Gasteiger partial charge in [0.2, 0.25) is 0 Å². The number of oxazole rings is 1. The molecule has 0 spiro atoms. The van der Waals surface area contributed by atoms with Gasteiger partial charge in [0.25, 0.3) is 0 Å². The van der Waals surface area contributed by atoms with Gasteiger partial charge in [0.15, 0.2) is 11.7 Å². The molecule has 0 bridgehead atoms. The van der Waals surface area contributed by atoms with E-state index < -0.39 is 5.97 Å². The number of aliphatic carboxylic acids is 1. The van der Waals surface area contributed by atoms with Gasteiger partial charge in [0.05, 0.1) is 12.1 Å². The van der Waals surface area contributed by atoms with Crippen molar-refractivity contribution in [3.8, 4) is 11.3 Å². The molecule has 0 radical (unpaired) electrons. The van der Waals surface area contributed by atoms with Crippen molar-refractivity contribution in [1.29, 1.82) is 0 Å². The molecule has 0 saturated carbocycles. The highest BCUT2D eigenvalue weighted by molar-refractivity contribution is 5.67. The number of benzene rings is 1.